The standard InChI is InChI=1S/C21H24N2O5S/c1-12(2)18(23-20(26)17-9-6-10-29-17)21(27)28-14(4)19(25)22-16-8-5-7-15(11-16)13(3)24/h5-12,14,18H,1-4H3,(H,22,25)(H,23,26)/t14-,18-/m0/s1. The van der Waals surface area contributed by atoms with Crippen molar-refractivity contribution in [3.05, 3.63) is 52.2 Å². The molecule has 8 heteroatoms. The zero-order valence-electron chi connectivity index (χ0n) is 16.7. The van der Waals surface area contributed by atoms with Crippen LogP contribution in [0.1, 0.15) is 47.7 Å². The van der Waals surface area contributed by atoms with E-state index in [1.54, 1.807) is 55.6 Å². The van der Waals surface area contributed by atoms with Crippen molar-refractivity contribution >= 4 is 40.6 Å². The van der Waals surface area contributed by atoms with Crippen LogP contribution in [0.15, 0.2) is 41.8 Å². The fourth-order valence-corrected chi connectivity index (χ4v) is 3.11. The van der Waals surface area contributed by atoms with Gasteiger partial charge in [0.1, 0.15) is 6.04 Å². The number of rotatable bonds is 8. The Kier molecular flexibility index (Phi) is 7.67. The fraction of sp³-hybridized carbons (Fsp3) is 0.333. The molecule has 2 atom stereocenters. The van der Waals surface area contributed by atoms with Crippen molar-refractivity contribution < 1.29 is 23.9 Å². The monoisotopic (exact) mass is 416 g/mol. The molecule has 29 heavy (non-hydrogen) atoms. The minimum Gasteiger partial charge on any atom is -0.451 e. The van der Waals surface area contributed by atoms with E-state index in [9.17, 15) is 19.2 Å². The van der Waals surface area contributed by atoms with Gasteiger partial charge in [0, 0.05) is 11.3 Å². The van der Waals surface area contributed by atoms with Gasteiger partial charge in [-0.2, -0.15) is 0 Å². The predicted octanol–water partition coefficient (Wildman–Crippen LogP) is 3.28. The summed E-state index contributed by atoms with van der Waals surface area (Å²) in [5.41, 5.74) is 0.889. The molecule has 0 unspecified atom stereocenters. The second-order valence-electron chi connectivity index (χ2n) is 6.88. The number of carbonyl (C=O) groups is 4. The Morgan fingerprint density at radius 2 is 1.76 bits per heavy atom. The van der Waals surface area contributed by atoms with Crippen LogP contribution in [0.3, 0.4) is 0 Å². The number of benzene rings is 1. The Balaban J connectivity index is 1.99. The average Bonchev–Trinajstić information content (AvgIpc) is 3.20. The highest BCUT2D eigenvalue weighted by molar-refractivity contribution is 7.12. The van der Waals surface area contributed by atoms with Crippen LogP contribution in [-0.4, -0.2) is 35.7 Å². The van der Waals surface area contributed by atoms with Gasteiger partial charge in [0.15, 0.2) is 11.9 Å². The molecule has 0 aliphatic carbocycles. The number of thiophene rings is 1. The van der Waals surface area contributed by atoms with Crippen molar-refractivity contribution in [1.29, 1.82) is 0 Å². The van der Waals surface area contributed by atoms with E-state index in [1.807, 2.05) is 0 Å². The van der Waals surface area contributed by atoms with Gasteiger partial charge in [0.05, 0.1) is 4.88 Å². The van der Waals surface area contributed by atoms with Crippen LogP contribution in [0, 0.1) is 5.92 Å². The third kappa shape index (κ3) is 6.25. The zero-order valence-corrected chi connectivity index (χ0v) is 17.5. The van der Waals surface area contributed by atoms with Crippen molar-refractivity contribution in [3.63, 3.8) is 0 Å². The second-order valence-corrected chi connectivity index (χ2v) is 7.83. The molecule has 154 valence electrons. The van der Waals surface area contributed by atoms with Crippen LogP contribution in [0.5, 0.6) is 0 Å². The van der Waals surface area contributed by atoms with E-state index in [4.69, 9.17) is 4.74 Å². The molecular weight excluding hydrogens is 392 g/mol. The fourth-order valence-electron chi connectivity index (χ4n) is 2.48. The molecular formula is C21H24N2O5S. The summed E-state index contributed by atoms with van der Waals surface area (Å²) in [6, 6.07) is 9.00. The molecule has 0 saturated heterocycles. The van der Waals surface area contributed by atoms with Gasteiger partial charge in [-0.05, 0) is 43.3 Å². The molecule has 0 fully saturated rings. The lowest BCUT2D eigenvalue weighted by atomic mass is 10.0. The molecule has 0 radical (unpaired) electrons. The third-order valence-corrected chi connectivity index (χ3v) is 5.02. The first-order chi connectivity index (χ1) is 13.7. The van der Waals surface area contributed by atoms with E-state index in [0.717, 1.165) is 0 Å². The molecule has 0 aliphatic heterocycles. The van der Waals surface area contributed by atoms with Gasteiger partial charge in [-0.3, -0.25) is 14.4 Å². The number of carbonyl (C=O) groups excluding carboxylic acids is 4. The number of amides is 2. The topological polar surface area (TPSA) is 102 Å². The Morgan fingerprint density at radius 3 is 2.34 bits per heavy atom. The molecule has 1 heterocycles. The molecule has 0 spiro atoms. The highest BCUT2D eigenvalue weighted by atomic mass is 32.1. The minimum absolute atomic E-state index is 0.123. The summed E-state index contributed by atoms with van der Waals surface area (Å²) in [6.07, 6.45) is -1.08. The van der Waals surface area contributed by atoms with Crippen molar-refractivity contribution in [1.82, 2.24) is 5.32 Å². The molecule has 2 amide bonds. The van der Waals surface area contributed by atoms with Gasteiger partial charge in [0.25, 0.3) is 11.8 Å². The molecule has 0 bridgehead atoms. The van der Waals surface area contributed by atoms with Crippen LogP contribution in [0.2, 0.25) is 0 Å². The normalized spacial score (nSPS) is 12.7. The second kappa shape index (κ2) is 9.97. The summed E-state index contributed by atoms with van der Waals surface area (Å²) in [5, 5.41) is 7.05. The first-order valence-electron chi connectivity index (χ1n) is 9.15. The number of ketones is 1. The lowest BCUT2D eigenvalue weighted by Gasteiger charge is -2.22. The Labute approximate surface area is 173 Å². The number of Topliss-reactive ketones (excluding diaryl/α,β-unsaturated/α-hetero) is 1. The Hall–Kier alpha value is -3.00. The van der Waals surface area contributed by atoms with Gasteiger partial charge in [-0.25, -0.2) is 4.79 Å². The molecule has 2 aromatic rings. The smallest absolute Gasteiger partial charge is 0.329 e. The maximum atomic E-state index is 12.5. The number of ether oxygens (including phenoxy) is 1. The summed E-state index contributed by atoms with van der Waals surface area (Å²) in [4.78, 5) is 49.1. The first kappa shape index (κ1) is 22.3. The number of hydrogen-bond donors (Lipinski definition) is 2. The maximum absolute atomic E-state index is 12.5. The number of hydrogen-bond acceptors (Lipinski definition) is 6. The third-order valence-electron chi connectivity index (χ3n) is 4.15. The van der Waals surface area contributed by atoms with E-state index >= 15 is 0 Å². The lowest BCUT2D eigenvalue weighted by molar-refractivity contribution is -0.156. The summed E-state index contributed by atoms with van der Waals surface area (Å²) in [6.45, 7) is 6.43. The Bertz CT molecular complexity index is 892. The van der Waals surface area contributed by atoms with Crippen LogP contribution >= 0.6 is 11.3 Å². The molecule has 2 rings (SSSR count). The first-order valence-corrected chi connectivity index (χ1v) is 10.0. The molecule has 7 nitrogen and oxygen atoms in total. The summed E-state index contributed by atoms with van der Waals surface area (Å²) in [5.74, 6) is -1.94. The molecule has 2 N–H and O–H groups in total. The SMILES string of the molecule is CC(=O)c1cccc(NC(=O)[C@H](C)OC(=O)[C@@H](NC(=O)c2cccs2)C(C)C)c1. The van der Waals surface area contributed by atoms with Gasteiger partial charge in [-0.1, -0.05) is 32.0 Å². The van der Waals surface area contributed by atoms with E-state index in [2.05, 4.69) is 10.6 Å². The van der Waals surface area contributed by atoms with Crippen molar-refractivity contribution in [3.8, 4) is 0 Å². The van der Waals surface area contributed by atoms with Crippen LogP contribution in [0.25, 0.3) is 0 Å². The zero-order chi connectivity index (χ0) is 21.6. The van der Waals surface area contributed by atoms with Gasteiger partial charge < -0.3 is 15.4 Å². The van der Waals surface area contributed by atoms with Gasteiger partial charge >= 0.3 is 5.97 Å². The molecule has 0 aliphatic rings. The summed E-state index contributed by atoms with van der Waals surface area (Å²) < 4.78 is 5.27. The minimum atomic E-state index is -1.08. The number of esters is 1. The summed E-state index contributed by atoms with van der Waals surface area (Å²) >= 11 is 1.27. The van der Waals surface area contributed by atoms with Gasteiger partial charge in [-0.15, -0.1) is 11.3 Å². The summed E-state index contributed by atoms with van der Waals surface area (Å²) in [7, 11) is 0. The molecule has 0 saturated carbocycles. The average molecular weight is 416 g/mol. The largest absolute Gasteiger partial charge is 0.451 e. The lowest BCUT2D eigenvalue weighted by Crippen LogP contribution is -2.47. The van der Waals surface area contributed by atoms with Crippen LogP contribution in [-0.2, 0) is 14.3 Å². The maximum Gasteiger partial charge on any atom is 0.329 e. The quantitative estimate of drug-likeness (QED) is 0.508. The highest BCUT2D eigenvalue weighted by Crippen LogP contribution is 2.14. The van der Waals surface area contributed by atoms with Crippen molar-refractivity contribution in [2.45, 2.75) is 39.8 Å². The Morgan fingerprint density at radius 1 is 1.03 bits per heavy atom. The van der Waals surface area contributed by atoms with Crippen LogP contribution < -0.4 is 10.6 Å². The number of nitrogens with one attached hydrogen (secondary N) is 2. The van der Waals surface area contributed by atoms with E-state index in [-0.39, 0.29) is 17.6 Å². The molecule has 1 aromatic carbocycles. The number of anilines is 1. The van der Waals surface area contributed by atoms with E-state index in [1.165, 1.54) is 25.2 Å². The van der Waals surface area contributed by atoms with Crippen molar-refractivity contribution in [2.24, 2.45) is 5.92 Å². The van der Waals surface area contributed by atoms with E-state index < -0.39 is 24.0 Å². The highest BCUT2D eigenvalue weighted by Gasteiger charge is 2.29. The van der Waals surface area contributed by atoms with E-state index in [0.29, 0.717) is 16.1 Å². The molecule has 1 aromatic heterocycles. The van der Waals surface area contributed by atoms with Crippen LogP contribution in [0.4, 0.5) is 5.69 Å². The van der Waals surface area contributed by atoms with Crippen molar-refractivity contribution in [2.75, 3.05) is 5.32 Å². The van der Waals surface area contributed by atoms with Gasteiger partial charge in [0.2, 0.25) is 0 Å². The predicted molar refractivity (Wildman–Crippen MR) is 111 cm³/mol.